The lowest BCUT2D eigenvalue weighted by molar-refractivity contribution is -0.118. The number of fused-ring (bicyclic) bond motifs is 1. The van der Waals surface area contributed by atoms with Crippen molar-refractivity contribution < 1.29 is 9.53 Å². The molecule has 0 bridgehead atoms. The van der Waals surface area contributed by atoms with Gasteiger partial charge in [-0.05, 0) is 36.1 Å². The molecule has 0 saturated carbocycles. The molecule has 0 heterocycles. The first kappa shape index (κ1) is 11.0. The number of primary amides is 1. The van der Waals surface area contributed by atoms with E-state index in [2.05, 4.69) is 0 Å². The number of carbonyl (C=O) groups excluding carboxylic acids is 1. The second-order valence-electron chi connectivity index (χ2n) is 4.07. The zero-order valence-electron chi connectivity index (χ0n) is 9.11. The molecule has 0 spiro atoms. The molecule has 0 unspecified atom stereocenters. The Morgan fingerprint density at radius 1 is 1.50 bits per heavy atom. The Bertz CT molecular complexity index is 404. The molecule has 1 aromatic carbocycles. The van der Waals surface area contributed by atoms with Crippen molar-refractivity contribution in [1.82, 2.24) is 0 Å². The molecule has 0 radical (unpaired) electrons. The highest BCUT2D eigenvalue weighted by Crippen LogP contribution is 2.31. The van der Waals surface area contributed by atoms with Gasteiger partial charge in [-0.25, -0.2) is 0 Å². The van der Waals surface area contributed by atoms with Gasteiger partial charge in [-0.2, -0.15) is 0 Å². The number of hydrogen-bond donors (Lipinski definition) is 2. The molecular weight excluding hydrogens is 204 g/mol. The quantitative estimate of drug-likeness (QED) is 0.790. The molecule has 1 aliphatic rings. The number of amides is 1. The van der Waals surface area contributed by atoms with E-state index in [1.165, 1.54) is 11.1 Å². The van der Waals surface area contributed by atoms with Crippen LogP contribution in [0, 0.1) is 0 Å². The average Bonchev–Trinajstić information content (AvgIpc) is 2.60. The molecule has 1 aromatic rings. The zero-order chi connectivity index (χ0) is 11.5. The summed E-state index contributed by atoms with van der Waals surface area (Å²) in [4.78, 5) is 10.5. The van der Waals surface area contributed by atoms with Crippen LogP contribution >= 0.6 is 0 Å². The van der Waals surface area contributed by atoms with Gasteiger partial charge >= 0.3 is 0 Å². The maximum Gasteiger partial charge on any atom is 0.220 e. The molecule has 4 N–H and O–H groups in total. The van der Waals surface area contributed by atoms with E-state index in [4.69, 9.17) is 16.2 Å². The van der Waals surface area contributed by atoms with Crippen molar-refractivity contribution in [2.45, 2.75) is 25.3 Å². The van der Waals surface area contributed by atoms with Gasteiger partial charge in [0, 0.05) is 6.04 Å². The monoisotopic (exact) mass is 220 g/mol. The van der Waals surface area contributed by atoms with Crippen molar-refractivity contribution in [1.29, 1.82) is 0 Å². The van der Waals surface area contributed by atoms with Gasteiger partial charge in [0.1, 0.15) is 5.75 Å². The lowest BCUT2D eigenvalue weighted by atomic mass is 10.1. The van der Waals surface area contributed by atoms with Crippen LogP contribution in [-0.2, 0) is 11.2 Å². The third-order valence-corrected chi connectivity index (χ3v) is 2.86. The van der Waals surface area contributed by atoms with Crippen molar-refractivity contribution >= 4 is 5.91 Å². The molecule has 0 aromatic heterocycles. The maximum absolute atomic E-state index is 10.5. The Balaban J connectivity index is 1.99. The van der Waals surface area contributed by atoms with E-state index < -0.39 is 0 Å². The molecule has 0 saturated heterocycles. The Morgan fingerprint density at radius 3 is 3.06 bits per heavy atom. The fourth-order valence-electron chi connectivity index (χ4n) is 1.99. The Hall–Kier alpha value is -1.55. The second-order valence-corrected chi connectivity index (χ2v) is 4.07. The van der Waals surface area contributed by atoms with Crippen LogP contribution in [0.25, 0.3) is 0 Å². The predicted octanol–water partition coefficient (Wildman–Crippen LogP) is 0.887. The molecule has 0 aliphatic heterocycles. The summed E-state index contributed by atoms with van der Waals surface area (Å²) >= 11 is 0. The van der Waals surface area contributed by atoms with Crippen molar-refractivity contribution in [2.75, 3.05) is 6.61 Å². The highest BCUT2D eigenvalue weighted by Gasteiger charge is 2.18. The van der Waals surface area contributed by atoms with Crippen LogP contribution in [0.3, 0.4) is 0 Å². The summed E-state index contributed by atoms with van der Waals surface area (Å²) in [5.41, 5.74) is 13.4. The van der Waals surface area contributed by atoms with Crippen LogP contribution in [0.15, 0.2) is 18.2 Å². The van der Waals surface area contributed by atoms with Crippen molar-refractivity contribution in [3.05, 3.63) is 29.3 Å². The lowest BCUT2D eigenvalue weighted by Gasteiger charge is -2.08. The topological polar surface area (TPSA) is 78.3 Å². The number of carbonyl (C=O) groups is 1. The summed E-state index contributed by atoms with van der Waals surface area (Å²) in [7, 11) is 0. The van der Waals surface area contributed by atoms with Gasteiger partial charge in [0.2, 0.25) is 5.91 Å². The Labute approximate surface area is 94.6 Å². The number of benzene rings is 1. The number of hydrogen-bond acceptors (Lipinski definition) is 3. The second kappa shape index (κ2) is 4.53. The van der Waals surface area contributed by atoms with Gasteiger partial charge in [0.05, 0.1) is 13.0 Å². The summed E-state index contributed by atoms with van der Waals surface area (Å²) in [5, 5.41) is 0. The smallest absolute Gasteiger partial charge is 0.220 e. The first-order valence-corrected chi connectivity index (χ1v) is 5.46. The first-order chi connectivity index (χ1) is 7.66. The molecule has 0 fully saturated rings. The number of nitrogens with two attached hydrogens (primary N) is 2. The SMILES string of the molecule is NC(=O)CCOc1ccc2c(c1)CC[C@H]2N. The minimum absolute atomic E-state index is 0.162. The van der Waals surface area contributed by atoms with E-state index in [0.29, 0.717) is 6.61 Å². The lowest BCUT2D eigenvalue weighted by Crippen LogP contribution is -2.14. The standard InChI is InChI=1S/C12H16N2O2/c13-11-4-1-8-7-9(2-3-10(8)11)16-6-5-12(14)15/h2-3,7,11H,1,4-6,13H2,(H2,14,15)/t11-/m1/s1. The van der Waals surface area contributed by atoms with Crippen LogP contribution in [0.2, 0.25) is 0 Å². The van der Waals surface area contributed by atoms with Crippen molar-refractivity contribution in [3.63, 3.8) is 0 Å². The van der Waals surface area contributed by atoms with Crippen molar-refractivity contribution in [3.8, 4) is 5.75 Å². The summed E-state index contributed by atoms with van der Waals surface area (Å²) < 4.78 is 5.44. The zero-order valence-corrected chi connectivity index (χ0v) is 9.11. The van der Waals surface area contributed by atoms with Gasteiger partial charge in [-0.3, -0.25) is 4.79 Å². The van der Waals surface area contributed by atoms with Crippen LogP contribution in [0.5, 0.6) is 5.75 Å². The summed E-state index contributed by atoms with van der Waals surface area (Å²) in [6, 6.07) is 6.07. The van der Waals surface area contributed by atoms with E-state index in [0.717, 1.165) is 18.6 Å². The Morgan fingerprint density at radius 2 is 2.31 bits per heavy atom. The van der Waals surface area contributed by atoms with Gasteiger partial charge in [0.15, 0.2) is 0 Å². The van der Waals surface area contributed by atoms with Gasteiger partial charge in [0.25, 0.3) is 0 Å². The fraction of sp³-hybridized carbons (Fsp3) is 0.417. The number of ether oxygens (including phenoxy) is 1. The van der Waals surface area contributed by atoms with E-state index in [9.17, 15) is 4.79 Å². The molecule has 4 heteroatoms. The van der Waals surface area contributed by atoms with Gasteiger partial charge in [-0.15, -0.1) is 0 Å². The fourth-order valence-corrected chi connectivity index (χ4v) is 1.99. The molecule has 1 atom stereocenters. The predicted molar refractivity (Wildman–Crippen MR) is 61.0 cm³/mol. The average molecular weight is 220 g/mol. The molecular formula is C12H16N2O2. The highest BCUT2D eigenvalue weighted by atomic mass is 16.5. The minimum Gasteiger partial charge on any atom is -0.493 e. The first-order valence-electron chi connectivity index (χ1n) is 5.46. The molecule has 16 heavy (non-hydrogen) atoms. The molecule has 86 valence electrons. The largest absolute Gasteiger partial charge is 0.493 e. The van der Waals surface area contributed by atoms with Crippen molar-refractivity contribution in [2.24, 2.45) is 11.5 Å². The minimum atomic E-state index is -0.344. The van der Waals surface area contributed by atoms with Crippen LogP contribution in [0.4, 0.5) is 0 Å². The van der Waals surface area contributed by atoms with E-state index in [1.807, 2.05) is 18.2 Å². The highest BCUT2D eigenvalue weighted by molar-refractivity contribution is 5.73. The van der Waals surface area contributed by atoms with E-state index in [-0.39, 0.29) is 18.4 Å². The Kier molecular flexibility index (Phi) is 3.10. The molecule has 1 amide bonds. The molecule has 1 aliphatic carbocycles. The normalized spacial score (nSPS) is 18.2. The third-order valence-electron chi connectivity index (χ3n) is 2.86. The van der Waals surface area contributed by atoms with Crippen LogP contribution in [-0.4, -0.2) is 12.5 Å². The summed E-state index contributed by atoms with van der Waals surface area (Å²) in [6.45, 7) is 0.334. The van der Waals surface area contributed by atoms with Crippen LogP contribution in [0.1, 0.15) is 30.0 Å². The molecule has 2 rings (SSSR count). The third kappa shape index (κ3) is 2.33. The molecule has 4 nitrogen and oxygen atoms in total. The summed E-state index contributed by atoms with van der Waals surface area (Å²) in [5.74, 6) is 0.442. The number of rotatable bonds is 4. The summed E-state index contributed by atoms with van der Waals surface area (Å²) in [6.07, 6.45) is 2.25. The van der Waals surface area contributed by atoms with E-state index in [1.54, 1.807) is 0 Å². The van der Waals surface area contributed by atoms with Crippen LogP contribution < -0.4 is 16.2 Å². The van der Waals surface area contributed by atoms with E-state index >= 15 is 0 Å². The number of aryl methyl sites for hydroxylation is 1. The van der Waals surface area contributed by atoms with Gasteiger partial charge < -0.3 is 16.2 Å². The van der Waals surface area contributed by atoms with Gasteiger partial charge in [-0.1, -0.05) is 6.07 Å². The maximum atomic E-state index is 10.5.